The van der Waals surface area contributed by atoms with Crippen LogP contribution in [0.3, 0.4) is 0 Å². The first-order valence-electron chi connectivity index (χ1n) is 21.5. The van der Waals surface area contributed by atoms with Crippen molar-refractivity contribution in [2.45, 2.75) is 36.2 Å². The number of nitrogens with one attached hydrogen (secondary N) is 1. The number of anilines is 1. The number of imide groups is 1. The second-order valence-corrected chi connectivity index (χ2v) is 16.0. The molecule has 3 aliphatic rings. The summed E-state index contributed by atoms with van der Waals surface area (Å²) in [5, 5.41) is 21.2. The van der Waals surface area contributed by atoms with Crippen molar-refractivity contribution in [3.8, 4) is 17.6 Å². The normalized spacial score (nSPS) is 22.0. The molecule has 66 heavy (non-hydrogen) atoms. The van der Waals surface area contributed by atoms with Gasteiger partial charge in [0.2, 0.25) is 11.8 Å². The van der Waals surface area contributed by atoms with Gasteiger partial charge in [-0.1, -0.05) is 108 Å². The molecule has 3 aliphatic heterocycles. The molecule has 4 heterocycles. The van der Waals surface area contributed by atoms with E-state index in [0.717, 1.165) is 16.0 Å². The lowest BCUT2D eigenvalue weighted by atomic mass is 9.65. The van der Waals surface area contributed by atoms with E-state index in [1.807, 2.05) is 89.8 Å². The van der Waals surface area contributed by atoms with Crippen LogP contribution in [0.15, 0.2) is 140 Å². The van der Waals surface area contributed by atoms with Gasteiger partial charge >= 0.3 is 12.1 Å². The monoisotopic (exact) mass is 886 g/mol. The van der Waals surface area contributed by atoms with Crippen LogP contribution in [0, 0.1) is 17.8 Å². The average Bonchev–Trinajstić information content (AvgIpc) is 3.99. The summed E-state index contributed by atoms with van der Waals surface area (Å²) in [5.74, 6) is 3.06. The largest absolute Gasteiger partial charge is 0.491 e. The number of rotatable bonds is 13. The fourth-order valence-corrected chi connectivity index (χ4v) is 9.71. The minimum Gasteiger partial charge on any atom is -0.491 e. The van der Waals surface area contributed by atoms with Crippen LogP contribution in [0.2, 0.25) is 0 Å². The summed E-state index contributed by atoms with van der Waals surface area (Å²) in [4.78, 5) is 64.0. The van der Waals surface area contributed by atoms with E-state index in [1.165, 1.54) is 13.2 Å². The Kier molecular flexibility index (Phi) is 12.4. The average molecular weight is 887 g/mol. The quantitative estimate of drug-likeness (QED) is 0.0637. The molecule has 1 aromatic heterocycles. The molecule has 15 nitrogen and oxygen atoms in total. The first kappa shape index (κ1) is 43.6. The number of aliphatic hydroxyl groups excluding tert-OH is 1. The van der Waals surface area contributed by atoms with Gasteiger partial charge in [0.1, 0.15) is 48.6 Å². The summed E-state index contributed by atoms with van der Waals surface area (Å²) < 4.78 is 25.0. The molecule has 2 saturated heterocycles. The topological polar surface area (TPSA) is 175 Å². The number of para-hydroxylation sites is 1. The highest BCUT2D eigenvalue weighted by molar-refractivity contribution is 6.23. The van der Waals surface area contributed by atoms with Crippen molar-refractivity contribution in [2.75, 3.05) is 45.0 Å². The summed E-state index contributed by atoms with van der Waals surface area (Å²) >= 11 is 0. The second-order valence-electron chi connectivity index (χ2n) is 16.0. The number of hydrogen-bond donors (Lipinski definition) is 2. The molecule has 0 bridgehead atoms. The molecular weight excluding hydrogens is 841 g/mol. The summed E-state index contributed by atoms with van der Waals surface area (Å²) in [6.07, 6.45) is -0.411. The number of carbonyl (C=O) groups excluding carboxylic acids is 4. The van der Waals surface area contributed by atoms with Crippen molar-refractivity contribution in [1.82, 2.24) is 25.2 Å². The predicted octanol–water partition coefficient (Wildman–Crippen LogP) is 5.60. The molecular formula is C51H46N6O9. The maximum atomic E-state index is 16.2. The van der Waals surface area contributed by atoms with Crippen LogP contribution in [0.1, 0.15) is 46.0 Å². The summed E-state index contributed by atoms with van der Waals surface area (Å²) in [6.45, 7) is 3.59. The molecule has 15 heteroatoms. The van der Waals surface area contributed by atoms with E-state index in [0.29, 0.717) is 28.0 Å². The Balaban J connectivity index is 1.32. The highest BCUT2D eigenvalue weighted by Gasteiger charge is 2.75. The second kappa shape index (κ2) is 18.8. The number of nitrogens with zero attached hydrogens (tertiary/aromatic N) is 5. The lowest BCUT2D eigenvalue weighted by molar-refractivity contribution is -0.178. The predicted molar refractivity (Wildman–Crippen MR) is 242 cm³/mol. The van der Waals surface area contributed by atoms with Gasteiger partial charge in [0.15, 0.2) is 0 Å². The van der Waals surface area contributed by atoms with E-state index in [4.69, 9.17) is 18.9 Å². The van der Waals surface area contributed by atoms with Gasteiger partial charge in [-0.2, -0.15) is 0 Å². The molecule has 0 aliphatic carbocycles. The highest BCUT2D eigenvalue weighted by Crippen LogP contribution is 2.66. The van der Waals surface area contributed by atoms with Crippen LogP contribution < -0.4 is 15.0 Å². The standard InChI is InChI=1S/C51H46N6O9/c1-3-25-52-47(59)42-44-48(60)66-45(35-17-8-5-9-18-35)43(34-15-6-4-7-16-34)57(44)46(36-19-12-20-37(32-36)64-28-27-58)51(42)38-31-33(14-13-26-55-41-22-11-10-21-39(41)53-54-55)23-24-40(38)56(49(51)61)50(62)65-30-29-63-2/h3-12,15-24,31-32,42-46,58H,1,25-30H2,2H3,(H,52,59). The minimum atomic E-state index is -2.04. The third kappa shape index (κ3) is 7.64. The number of benzene rings is 5. The Morgan fingerprint density at radius 1 is 0.879 bits per heavy atom. The number of aliphatic hydroxyl groups is 1. The third-order valence-corrected chi connectivity index (χ3v) is 12.3. The summed E-state index contributed by atoms with van der Waals surface area (Å²) in [5.41, 5.74) is 2.26. The van der Waals surface area contributed by atoms with E-state index in [1.54, 1.807) is 47.1 Å². The fourth-order valence-electron chi connectivity index (χ4n) is 9.71. The van der Waals surface area contributed by atoms with Crippen LogP contribution >= 0.6 is 0 Å². The van der Waals surface area contributed by atoms with Crippen LogP contribution in [-0.4, -0.2) is 95.0 Å². The van der Waals surface area contributed by atoms with Gasteiger partial charge in [-0.3, -0.25) is 19.3 Å². The zero-order chi connectivity index (χ0) is 45.8. The van der Waals surface area contributed by atoms with Gasteiger partial charge in [-0.15, -0.1) is 11.7 Å². The number of aromatic nitrogens is 3. The maximum absolute atomic E-state index is 16.2. The van der Waals surface area contributed by atoms with Gasteiger partial charge in [0.25, 0.3) is 0 Å². The molecule has 6 atom stereocenters. The number of morpholine rings is 1. The Labute approximate surface area is 380 Å². The summed E-state index contributed by atoms with van der Waals surface area (Å²) in [7, 11) is 1.46. The lowest BCUT2D eigenvalue weighted by Crippen LogP contribution is -2.55. The van der Waals surface area contributed by atoms with E-state index in [2.05, 4.69) is 34.0 Å². The van der Waals surface area contributed by atoms with Crippen molar-refractivity contribution in [1.29, 1.82) is 0 Å². The number of hydrogen-bond acceptors (Lipinski definition) is 12. The van der Waals surface area contributed by atoms with Crippen LogP contribution in [0.4, 0.5) is 10.5 Å². The number of carbonyl (C=O) groups is 4. The zero-order valence-corrected chi connectivity index (χ0v) is 36.0. The number of methoxy groups -OCH3 is 1. The van der Waals surface area contributed by atoms with E-state index in [-0.39, 0.29) is 50.8 Å². The molecule has 0 saturated carbocycles. The fraction of sp³-hybridized carbons (Fsp3) is 0.255. The number of ether oxygens (including phenoxy) is 4. The van der Waals surface area contributed by atoms with Crippen molar-refractivity contribution in [3.63, 3.8) is 0 Å². The van der Waals surface area contributed by atoms with E-state index in [9.17, 15) is 9.90 Å². The Morgan fingerprint density at radius 3 is 2.38 bits per heavy atom. The first-order valence-corrected chi connectivity index (χ1v) is 21.5. The van der Waals surface area contributed by atoms with Crippen molar-refractivity contribution in [3.05, 3.63) is 168 Å². The van der Waals surface area contributed by atoms with E-state index >= 15 is 14.4 Å². The van der Waals surface area contributed by atoms with Gasteiger partial charge in [-0.05, 0) is 64.7 Å². The van der Waals surface area contributed by atoms with Crippen LogP contribution in [0.25, 0.3) is 11.0 Å². The first-order chi connectivity index (χ1) is 32.3. The van der Waals surface area contributed by atoms with Gasteiger partial charge < -0.3 is 29.4 Å². The number of fused-ring (bicyclic) bond motifs is 4. The van der Waals surface area contributed by atoms with Gasteiger partial charge in [0.05, 0.1) is 42.4 Å². The molecule has 0 radical (unpaired) electrons. The van der Waals surface area contributed by atoms with Crippen molar-refractivity contribution < 1.29 is 43.2 Å². The highest BCUT2D eigenvalue weighted by atomic mass is 16.6. The molecule has 6 aromatic rings. The number of cyclic esters (lactones) is 1. The Hall–Kier alpha value is -7.64. The molecule has 9 rings (SSSR count). The van der Waals surface area contributed by atoms with Crippen molar-refractivity contribution >= 4 is 40.6 Å². The van der Waals surface area contributed by atoms with Gasteiger partial charge in [-0.25, -0.2) is 14.4 Å². The SMILES string of the molecule is C=CCNC(=O)C1C2C(=O)OC(c3ccccc3)C(c3ccccc3)N2C(c2cccc(OCCO)c2)C12C(=O)N(C(=O)OCCOC)c1ccc(C#CCn3nnc4ccccc43)cc12. The molecule has 5 aromatic carbocycles. The molecule has 2 fully saturated rings. The van der Waals surface area contributed by atoms with Crippen LogP contribution in [0.5, 0.6) is 5.75 Å². The smallest absolute Gasteiger partial charge is 0.421 e. The molecule has 334 valence electrons. The third-order valence-electron chi connectivity index (χ3n) is 12.3. The molecule has 3 amide bonds. The number of esters is 1. The van der Waals surface area contributed by atoms with E-state index < -0.39 is 59.4 Å². The van der Waals surface area contributed by atoms with Crippen LogP contribution in [-0.2, 0) is 40.6 Å². The molecule has 1 spiro atoms. The summed E-state index contributed by atoms with van der Waals surface area (Å²) in [6, 6.07) is 35.0. The molecule has 2 N–H and O–H groups in total. The zero-order valence-electron chi connectivity index (χ0n) is 36.0. The van der Waals surface area contributed by atoms with Crippen molar-refractivity contribution in [2.24, 2.45) is 5.92 Å². The maximum Gasteiger partial charge on any atom is 0.421 e. The minimum absolute atomic E-state index is 0.00336. The lowest BCUT2D eigenvalue weighted by Gasteiger charge is -2.46. The van der Waals surface area contributed by atoms with Gasteiger partial charge in [0, 0.05) is 19.2 Å². The molecule has 6 unspecified atom stereocenters. The Bertz CT molecular complexity index is 2860. The Morgan fingerprint density at radius 2 is 1.62 bits per heavy atom. The number of amides is 3.